The summed E-state index contributed by atoms with van der Waals surface area (Å²) in [7, 11) is 1.58. The number of methoxy groups -OCH3 is 1. The summed E-state index contributed by atoms with van der Waals surface area (Å²) >= 11 is 0. The number of amides is 1. The Hall–Kier alpha value is -2.32. The van der Waals surface area contributed by atoms with E-state index in [1.54, 1.807) is 7.11 Å². The molecule has 0 aromatic heterocycles. The van der Waals surface area contributed by atoms with E-state index < -0.39 is 12.0 Å². The molecule has 2 heterocycles. The van der Waals surface area contributed by atoms with E-state index in [1.807, 2.05) is 23.1 Å². The maximum Gasteiger partial charge on any atom is 0.305 e. The zero-order valence-electron chi connectivity index (χ0n) is 15.5. The molecule has 0 saturated carbocycles. The fourth-order valence-corrected chi connectivity index (χ4v) is 3.52. The predicted octanol–water partition coefficient (Wildman–Crippen LogP) is 1.03. The van der Waals surface area contributed by atoms with Gasteiger partial charge in [0.1, 0.15) is 12.6 Å². The maximum atomic E-state index is 12.1. The molecule has 1 aromatic rings. The van der Waals surface area contributed by atoms with Crippen molar-refractivity contribution in [2.24, 2.45) is 0 Å². The molecule has 2 atom stereocenters. The highest BCUT2D eigenvalue weighted by atomic mass is 16.5. The molecule has 0 bridgehead atoms. The average Bonchev–Trinajstić information content (AvgIpc) is 3.16. The van der Waals surface area contributed by atoms with Gasteiger partial charge in [-0.3, -0.25) is 14.5 Å². The van der Waals surface area contributed by atoms with Crippen molar-refractivity contribution in [3.63, 3.8) is 0 Å². The molecule has 2 saturated heterocycles. The van der Waals surface area contributed by atoms with Crippen LogP contribution >= 0.6 is 0 Å². The number of para-hydroxylation sites is 1. The third-order valence-electron chi connectivity index (χ3n) is 4.90. The Balaban J connectivity index is 1.77. The number of hydrogen-bond acceptors (Lipinski definition) is 6. The Kier molecular flexibility index (Phi) is 6.52. The molecule has 3 rings (SSSR count). The van der Waals surface area contributed by atoms with Crippen LogP contribution in [0.5, 0.6) is 11.5 Å². The molecule has 27 heavy (non-hydrogen) atoms. The molecule has 0 spiro atoms. The third-order valence-corrected chi connectivity index (χ3v) is 4.90. The number of carbonyl (C=O) groups excluding carboxylic acids is 1. The fourth-order valence-electron chi connectivity index (χ4n) is 3.52. The summed E-state index contributed by atoms with van der Waals surface area (Å²) in [5.41, 5.74) is 0.859. The second-order valence-electron chi connectivity index (χ2n) is 6.77. The highest BCUT2D eigenvalue weighted by Crippen LogP contribution is 2.33. The molecule has 1 aromatic carbocycles. The second kappa shape index (κ2) is 9.05. The van der Waals surface area contributed by atoms with Crippen LogP contribution in [0, 0.1) is 0 Å². The Bertz CT molecular complexity index is 674. The summed E-state index contributed by atoms with van der Waals surface area (Å²) in [6.45, 7) is 2.67. The average molecular weight is 378 g/mol. The lowest BCUT2D eigenvalue weighted by Gasteiger charge is -2.34. The number of rotatable bonds is 8. The number of aliphatic carboxylic acids is 1. The number of nitrogens with one attached hydrogen (secondary N) is 1. The first-order chi connectivity index (χ1) is 13.1. The Morgan fingerprint density at radius 3 is 3.00 bits per heavy atom. The lowest BCUT2D eigenvalue weighted by Crippen LogP contribution is -2.55. The van der Waals surface area contributed by atoms with E-state index >= 15 is 0 Å². The van der Waals surface area contributed by atoms with Crippen molar-refractivity contribution in [1.82, 2.24) is 10.2 Å². The smallest absolute Gasteiger partial charge is 0.305 e. The highest BCUT2D eigenvalue weighted by molar-refractivity contribution is 5.86. The summed E-state index contributed by atoms with van der Waals surface area (Å²) in [4.78, 5) is 25.2. The quantitative estimate of drug-likeness (QED) is 0.697. The highest BCUT2D eigenvalue weighted by Gasteiger charge is 2.32. The first kappa shape index (κ1) is 19.4. The van der Waals surface area contributed by atoms with Gasteiger partial charge >= 0.3 is 5.97 Å². The maximum absolute atomic E-state index is 12.1. The van der Waals surface area contributed by atoms with Crippen LogP contribution < -0.4 is 14.8 Å². The van der Waals surface area contributed by atoms with Crippen molar-refractivity contribution in [2.75, 3.05) is 33.4 Å². The van der Waals surface area contributed by atoms with E-state index in [2.05, 4.69) is 5.32 Å². The Labute approximate surface area is 158 Å². The number of carboxylic acids is 1. The molecule has 2 aliphatic heterocycles. The molecule has 2 aliphatic rings. The summed E-state index contributed by atoms with van der Waals surface area (Å²) in [5, 5.41) is 11.9. The van der Waals surface area contributed by atoms with Crippen molar-refractivity contribution in [2.45, 2.75) is 38.0 Å². The van der Waals surface area contributed by atoms with Crippen LogP contribution in [-0.4, -0.2) is 67.4 Å². The molecule has 2 N–H and O–H groups in total. The van der Waals surface area contributed by atoms with Gasteiger partial charge in [-0.05, 0) is 18.9 Å². The van der Waals surface area contributed by atoms with Crippen LogP contribution in [0.25, 0.3) is 0 Å². The summed E-state index contributed by atoms with van der Waals surface area (Å²) in [6.07, 6.45) is 1.84. The zero-order chi connectivity index (χ0) is 19.2. The van der Waals surface area contributed by atoms with Gasteiger partial charge in [-0.25, -0.2) is 0 Å². The van der Waals surface area contributed by atoms with Crippen LogP contribution in [0.1, 0.15) is 24.8 Å². The monoisotopic (exact) mass is 378 g/mol. The van der Waals surface area contributed by atoms with Crippen LogP contribution in [-0.2, 0) is 20.9 Å². The normalized spacial score (nSPS) is 23.1. The molecule has 2 unspecified atom stereocenters. The molecular formula is C19H26N2O6. The Morgan fingerprint density at radius 1 is 1.44 bits per heavy atom. The second-order valence-corrected chi connectivity index (χ2v) is 6.77. The third kappa shape index (κ3) is 4.90. The lowest BCUT2D eigenvalue weighted by molar-refractivity contribution is -0.143. The number of benzene rings is 1. The molecule has 8 heteroatoms. The number of carboxylic acid groups (broad SMARTS) is 1. The molecule has 148 valence electrons. The van der Waals surface area contributed by atoms with Gasteiger partial charge in [0.2, 0.25) is 5.91 Å². The summed E-state index contributed by atoms with van der Waals surface area (Å²) in [6, 6.07) is 4.90. The van der Waals surface area contributed by atoms with Gasteiger partial charge in [-0.2, -0.15) is 0 Å². The largest absolute Gasteiger partial charge is 0.493 e. The van der Waals surface area contributed by atoms with E-state index in [0.717, 1.165) is 25.0 Å². The molecule has 1 amide bonds. The van der Waals surface area contributed by atoms with Gasteiger partial charge in [0.25, 0.3) is 0 Å². The minimum atomic E-state index is -0.998. The van der Waals surface area contributed by atoms with Gasteiger partial charge < -0.3 is 24.6 Å². The standard InChI is InChI=1S/C19H26N2O6/c1-25-16-6-2-4-13(18(16)27-12-14-5-3-9-26-14)11-21-8-7-20-19(24)15(21)10-17(22)23/h2,4,6,14-15H,3,5,7-12H2,1H3,(H,20,24)(H,22,23). The van der Waals surface area contributed by atoms with Crippen molar-refractivity contribution in [1.29, 1.82) is 0 Å². The molecule has 0 aliphatic carbocycles. The van der Waals surface area contributed by atoms with Crippen LogP contribution in [0.3, 0.4) is 0 Å². The molecule has 8 nitrogen and oxygen atoms in total. The predicted molar refractivity (Wildman–Crippen MR) is 96.9 cm³/mol. The lowest BCUT2D eigenvalue weighted by atomic mass is 10.1. The molecular weight excluding hydrogens is 352 g/mol. The van der Waals surface area contributed by atoms with Crippen LogP contribution in [0.15, 0.2) is 18.2 Å². The first-order valence-corrected chi connectivity index (χ1v) is 9.22. The summed E-state index contributed by atoms with van der Waals surface area (Å²) in [5.74, 6) is -0.0202. The number of hydrogen-bond donors (Lipinski definition) is 2. The van der Waals surface area contributed by atoms with Gasteiger partial charge in [-0.1, -0.05) is 12.1 Å². The van der Waals surface area contributed by atoms with Gasteiger partial charge in [-0.15, -0.1) is 0 Å². The van der Waals surface area contributed by atoms with E-state index in [0.29, 0.717) is 37.7 Å². The molecule has 2 fully saturated rings. The zero-order valence-corrected chi connectivity index (χ0v) is 15.5. The summed E-state index contributed by atoms with van der Waals surface area (Å²) < 4.78 is 17.1. The SMILES string of the molecule is COc1cccc(CN2CCNC(=O)C2CC(=O)O)c1OCC1CCCO1. The number of nitrogens with zero attached hydrogens (tertiary/aromatic N) is 1. The number of piperazine rings is 1. The minimum absolute atomic E-state index is 0.0725. The first-order valence-electron chi connectivity index (χ1n) is 9.22. The van der Waals surface area contributed by atoms with E-state index in [4.69, 9.17) is 19.3 Å². The topological polar surface area (TPSA) is 97.3 Å². The van der Waals surface area contributed by atoms with Crippen molar-refractivity contribution >= 4 is 11.9 Å². The van der Waals surface area contributed by atoms with E-state index in [1.165, 1.54) is 0 Å². The van der Waals surface area contributed by atoms with Crippen molar-refractivity contribution < 1.29 is 28.9 Å². The van der Waals surface area contributed by atoms with Crippen LogP contribution in [0.2, 0.25) is 0 Å². The van der Waals surface area contributed by atoms with E-state index in [-0.39, 0.29) is 18.4 Å². The van der Waals surface area contributed by atoms with Crippen LogP contribution in [0.4, 0.5) is 0 Å². The van der Waals surface area contributed by atoms with Gasteiger partial charge in [0.15, 0.2) is 11.5 Å². The minimum Gasteiger partial charge on any atom is -0.493 e. The van der Waals surface area contributed by atoms with Crippen molar-refractivity contribution in [3.05, 3.63) is 23.8 Å². The number of ether oxygens (including phenoxy) is 3. The number of carbonyl (C=O) groups is 2. The van der Waals surface area contributed by atoms with Crippen molar-refractivity contribution in [3.8, 4) is 11.5 Å². The fraction of sp³-hybridized carbons (Fsp3) is 0.579. The van der Waals surface area contributed by atoms with Gasteiger partial charge in [0.05, 0.1) is 19.6 Å². The molecule has 0 radical (unpaired) electrons. The Morgan fingerprint density at radius 2 is 2.30 bits per heavy atom. The van der Waals surface area contributed by atoms with Gasteiger partial charge in [0, 0.05) is 31.8 Å². The van der Waals surface area contributed by atoms with E-state index in [9.17, 15) is 9.59 Å².